The smallest absolute Gasteiger partial charge is 0.200 e. The first kappa shape index (κ1) is 21.4. The molecule has 2 aromatic carbocycles. The van der Waals surface area contributed by atoms with Crippen LogP contribution in [-0.4, -0.2) is 0 Å². The lowest BCUT2D eigenvalue weighted by atomic mass is 9.48. The Labute approximate surface area is 200 Å². The molecule has 1 nitrogen and oxygen atoms in total. The number of nitrogens with zero attached hydrogens (tertiary/aromatic N) is 1. The fourth-order valence-electron chi connectivity index (χ4n) is 8.04. The zero-order chi connectivity index (χ0) is 23.1. The largest absolute Gasteiger partial charge is 0.220 e. The summed E-state index contributed by atoms with van der Waals surface area (Å²) in [6.45, 7) is 11.5. The SMILES string of the molecule is Cc1cc(C(C)(C)C)cc(-c2c3ccc(C45CC6CC(CC(C6)C4)C5)cc3cc[n+]2C)c1C. The van der Waals surface area contributed by atoms with E-state index < -0.39 is 0 Å². The fraction of sp³-hybridized carbons (Fsp3) is 0.531. The minimum Gasteiger partial charge on any atom is -0.200 e. The van der Waals surface area contributed by atoms with Crippen LogP contribution in [0.2, 0.25) is 0 Å². The maximum Gasteiger partial charge on any atom is 0.220 e. The molecule has 0 aliphatic heterocycles. The van der Waals surface area contributed by atoms with Gasteiger partial charge in [0.25, 0.3) is 0 Å². The number of benzene rings is 2. The highest BCUT2D eigenvalue weighted by molar-refractivity contribution is 5.94. The monoisotopic (exact) mass is 438 g/mol. The Morgan fingerprint density at radius 1 is 0.848 bits per heavy atom. The van der Waals surface area contributed by atoms with Crippen molar-refractivity contribution in [3.63, 3.8) is 0 Å². The van der Waals surface area contributed by atoms with E-state index >= 15 is 0 Å². The van der Waals surface area contributed by atoms with Crippen molar-refractivity contribution in [3.8, 4) is 11.3 Å². The minimum absolute atomic E-state index is 0.141. The van der Waals surface area contributed by atoms with E-state index in [0.717, 1.165) is 17.8 Å². The summed E-state index contributed by atoms with van der Waals surface area (Å²) in [5.74, 6) is 2.96. The first-order valence-electron chi connectivity index (χ1n) is 13.2. The highest BCUT2D eigenvalue weighted by Crippen LogP contribution is 2.60. The van der Waals surface area contributed by atoms with Crippen molar-refractivity contribution < 1.29 is 4.57 Å². The van der Waals surface area contributed by atoms with Gasteiger partial charge in [-0.15, -0.1) is 0 Å². The fourth-order valence-corrected chi connectivity index (χ4v) is 8.04. The summed E-state index contributed by atoms with van der Waals surface area (Å²) in [6, 6.07) is 14.7. The maximum absolute atomic E-state index is 2.57. The number of aryl methyl sites for hydroxylation is 2. The van der Waals surface area contributed by atoms with Gasteiger partial charge < -0.3 is 0 Å². The number of pyridine rings is 1. The molecule has 3 aromatic rings. The van der Waals surface area contributed by atoms with Gasteiger partial charge in [0.05, 0.1) is 10.9 Å². The Morgan fingerprint density at radius 2 is 1.48 bits per heavy atom. The lowest BCUT2D eigenvalue weighted by Gasteiger charge is -2.57. The molecule has 33 heavy (non-hydrogen) atoms. The maximum atomic E-state index is 2.57. The number of hydrogen-bond acceptors (Lipinski definition) is 0. The molecule has 0 radical (unpaired) electrons. The second-order valence-electron chi connectivity index (χ2n) is 13.0. The average Bonchev–Trinajstić information content (AvgIpc) is 2.74. The standard InChI is InChI=1S/C32H40N/c1-20-11-27(31(3,4)5)16-29(21(20)2)30-28-8-7-26(15-25(28)9-10-33(30)6)32-17-22-12-23(18-32)14-24(13-22)19-32/h7-11,15-16,22-24H,12-14,17-19H2,1-6H3/q+1. The Hall–Kier alpha value is -2.15. The summed E-state index contributed by atoms with van der Waals surface area (Å²) >= 11 is 0. The van der Waals surface area contributed by atoms with Gasteiger partial charge >= 0.3 is 0 Å². The molecule has 1 aromatic heterocycles. The van der Waals surface area contributed by atoms with Gasteiger partial charge in [-0.25, -0.2) is 4.57 Å². The summed E-state index contributed by atoms with van der Waals surface area (Å²) in [6.07, 6.45) is 11.1. The van der Waals surface area contributed by atoms with Crippen molar-refractivity contribution in [2.24, 2.45) is 24.8 Å². The molecule has 4 bridgehead atoms. The molecule has 0 spiro atoms. The van der Waals surface area contributed by atoms with Crippen LogP contribution in [0.1, 0.15) is 81.5 Å². The zero-order valence-corrected chi connectivity index (χ0v) is 21.5. The molecule has 1 heteroatoms. The van der Waals surface area contributed by atoms with Crippen molar-refractivity contribution in [2.45, 2.75) is 84.0 Å². The average molecular weight is 439 g/mol. The molecule has 0 atom stereocenters. The van der Waals surface area contributed by atoms with Crippen LogP contribution in [-0.2, 0) is 17.9 Å². The third kappa shape index (κ3) is 3.37. The van der Waals surface area contributed by atoms with Crippen molar-refractivity contribution in [1.82, 2.24) is 0 Å². The normalized spacial score (nSPS) is 28.6. The molecule has 4 saturated carbocycles. The summed E-state index contributed by atoms with van der Waals surface area (Å²) in [4.78, 5) is 0. The van der Waals surface area contributed by atoms with Crippen molar-refractivity contribution in [3.05, 3.63) is 64.8 Å². The summed E-state index contributed by atoms with van der Waals surface area (Å²) in [7, 11) is 2.21. The quantitative estimate of drug-likeness (QED) is 0.361. The van der Waals surface area contributed by atoms with Gasteiger partial charge in [-0.1, -0.05) is 39.0 Å². The van der Waals surface area contributed by atoms with E-state index in [0.29, 0.717) is 5.41 Å². The van der Waals surface area contributed by atoms with Gasteiger partial charge in [0.1, 0.15) is 7.05 Å². The Bertz CT molecular complexity index is 1220. The second kappa shape index (κ2) is 7.17. The van der Waals surface area contributed by atoms with Crippen LogP contribution in [0.5, 0.6) is 0 Å². The molecule has 0 saturated heterocycles. The van der Waals surface area contributed by atoms with E-state index in [2.05, 4.69) is 88.8 Å². The van der Waals surface area contributed by atoms with Gasteiger partial charge in [0.2, 0.25) is 5.69 Å². The van der Waals surface area contributed by atoms with Gasteiger partial charge in [-0.2, -0.15) is 0 Å². The van der Waals surface area contributed by atoms with Crippen molar-refractivity contribution in [1.29, 1.82) is 0 Å². The summed E-state index contributed by atoms with van der Waals surface area (Å²) in [5.41, 5.74) is 9.18. The van der Waals surface area contributed by atoms with Crippen LogP contribution in [0, 0.1) is 31.6 Å². The second-order valence-corrected chi connectivity index (χ2v) is 13.0. The Balaban J connectivity index is 1.51. The van der Waals surface area contributed by atoms with Crippen LogP contribution in [0.25, 0.3) is 22.0 Å². The van der Waals surface area contributed by atoms with Crippen LogP contribution >= 0.6 is 0 Å². The minimum atomic E-state index is 0.141. The molecule has 4 aliphatic rings. The molecular weight excluding hydrogens is 398 g/mol. The molecule has 4 aliphatic carbocycles. The third-order valence-electron chi connectivity index (χ3n) is 9.58. The molecule has 4 fully saturated rings. The summed E-state index contributed by atoms with van der Waals surface area (Å²) < 4.78 is 2.33. The number of aromatic nitrogens is 1. The van der Waals surface area contributed by atoms with Crippen LogP contribution in [0.4, 0.5) is 0 Å². The highest BCUT2D eigenvalue weighted by Gasteiger charge is 2.51. The third-order valence-corrected chi connectivity index (χ3v) is 9.58. The molecule has 0 amide bonds. The van der Waals surface area contributed by atoms with Gasteiger partial charge in [0.15, 0.2) is 6.20 Å². The Morgan fingerprint density at radius 3 is 2.09 bits per heavy atom. The van der Waals surface area contributed by atoms with E-state index in [1.54, 1.807) is 5.56 Å². The van der Waals surface area contributed by atoms with E-state index in [9.17, 15) is 0 Å². The lowest BCUT2D eigenvalue weighted by molar-refractivity contribution is -0.659. The van der Waals surface area contributed by atoms with Gasteiger partial charge in [-0.05, 0) is 121 Å². The predicted octanol–water partition coefficient (Wildman–Crippen LogP) is 7.71. The first-order valence-corrected chi connectivity index (χ1v) is 13.2. The number of rotatable bonds is 2. The Kier molecular flexibility index (Phi) is 4.65. The van der Waals surface area contributed by atoms with E-state index in [-0.39, 0.29) is 5.41 Å². The van der Waals surface area contributed by atoms with E-state index in [1.165, 1.54) is 77.2 Å². The molecule has 172 valence electrons. The van der Waals surface area contributed by atoms with Crippen LogP contribution in [0.15, 0.2) is 42.6 Å². The van der Waals surface area contributed by atoms with Crippen molar-refractivity contribution >= 4 is 10.8 Å². The van der Waals surface area contributed by atoms with Crippen LogP contribution in [0.3, 0.4) is 0 Å². The van der Waals surface area contributed by atoms with Crippen LogP contribution < -0.4 is 4.57 Å². The van der Waals surface area contributed by atoms with Gasteiger partial charge in [-0.3, -0.25) is 0 Å². The topological polar surface area (TPSA) is 3.88 Å². The number of fused-ring (bicyclic) bond motifs is 1. The first-order chi connectivity index (χ1) is 15.6. The lowest BCUT2D eigenvalue weighted by Crippen LogP contribution is -2.48. The number of hydrogen-bond donors (Lipinski definition) is 0. The van der Waals surface area contributed by atoms with Gasteiger partial charge in [0, 0.05) is 6.07 Å². The summed E-state index contributed by atoms with van der Waals surface area (Å²) in [5, 5.41) is 2.80. The molecule has 0 unspecified atom stereocenters. The predicted molar refractivity (Wildman–Crippen MR) is 139 cm³/mol. The zero-order valence-electron chi connectivity index (χ0n) is 21.5. The molecule has 1 heterocycles. The highest BCUT2D eigenvalue weighted by atomic mass is 14.9. The van der Waals surface area contributed by atoms with E-state index in [4.69, 9.17) is 0 Å². The molecular formula is C32H40N+. The van der Waals surface area contributed by atoms with Crippen molar-refractivity contribution in [2.75, 3.05) is 0 Å². The molecule has 0 N–H and O–H groups in total. The van der Waals surface area contributed by atoms with E-state index in [1.807, 2.05) is 0 Å². The molecule has 7 rings (SSSR count).